The molecule has 2 N–H and O–H groups in total. The van der Waals surface area contributed by atoms with Gasteiger partial charge in [-0.05, 0) is 31.6 Å². The van der Waals surface area contributed by atoms with Crippen LogP contribution in [0.2, 0.25) is 0 Å². The SMILES string of the molecule is OC1CCCCCC1NCCOCC1CC1. The lowest BCUT2D eigenvalue weighted by Crippen LogP contribution is -2.40. The first-order chi connectivity index (χ1) is 7.86. The highest BCUT2D eigenvalue weighted by Crippen LogP contribution is 2.28. The van der Waals surface area contributed by atoms with Crippen LogP contribution in [0.25, 0.3) is 0 Å². The van der Waals surface area contributed by atoms with Gasteiger partial charge in [-0.15, -0.1) is 0 Å². The first-order valence-electron chi connectivity index (χ1n) is 6.85. The minimum Gasteiger partial charge on any atom is -0.392 e. The molecule has 3 heteroatoms. The summed E-state index contributed by atoms with van der Waals surface area (Å²) < 4.78 is 5.57. The number of ether oxygens (including phenoxy) is 1. The van der Waals surface area contributed by atoms with Gasteiger partial charge in [-0.1, -0.05) is 19.3 Å². The molecular formula is C13H25NO2. The highest BCUT2D eigenvalue weighted by atomic mass is 16.5. The molecule has 2 rings (SSSR count). The Morgan fingerprint density at radius 1 is 1.06 bits per heavy atom. The van der Waals surface area contributed by atoms with E-state index in [9.17, 15) is 5.11 Å². The monoisotopic (exact) mass is 227 g/mol. The number of aliphatic hydroxyl groups is 1. The van der Waals surface area contributed by atoms with Gasteiger partial charge in [0, 0.05) is 19.2 Å². The molecule has 0 aliphatic heterocycles. The molecule has 0 heterocycles. The second-order valence-corrected chi connectivity index (χ2v) is 5.28. The molecule has 0 aromatic heterocycles. The highest BCUT2D eigenvalue weighted by Gasteiger charge is 2.22. The summed E-state index contributed by atoms with van der Waals surface area (Å²) in [6, 6.07) is 0.298. The van der Waals surface area contributed by atoms with Crippen LogP contribution >= 0.6 is 0 Å². The van der Waals surface area contributed by atoms with E-state index in [1.54, 1.807) is 0 Å². The van der Waals surface area contributed by atoms with E-state index in [4.69, 9.17) is 4.74 Å². The molecule has 0 aromatic carbocycles. The average Bonchev–Trinajstić information content (AvgIpc) is 3.08. The Bertz CT molecular complexity index is 194. The average molecular weight is 227 g/mol. The van der Waals surface area contributed by atoms with Crippen LogP contribution in [-0.4, -0.2) is 37.0 Å². The lowest BCUT2D eigenvalue weighted by Gasteiger charge is -2.21. The predicted octanol–water partition coefficient (Wildman–Crippen LogP) is 1.70. The van der Waals surface area contributed by atoms with Gasteiger partial charge in [0.05, 0.1) is 12.7 Å². The lowest BCUT2D eigenvalue weighted by molar-refractivity contribution is 0.0980. The van der Waals surface area contributed by atoms with Crippen LogP contribution in [0.15, 0.2) is 0 Å². The fourth-order valence-corrected chi connectivity index (χ4v) is 2.38. The van der Waals surface area contributed by atoms with Crippen molar-refractivity contribution >= 4 is 0 Å². The molecule has 94 valence electrons. The van der Waals surface area contributed by atoms with E-state index in [1.807, 2.05) is 0 Å². The third-order valence-corrected chi connectivity index (χ3v) is 3.68. The molecule has 2 saturated carbocycles. The third-order valence-electron chi connectivity index (χ3n) is 3.68. The Morgan fingerprint density at radius 2 is 1.88 bits per heavy atom. The molecule has 0 saturated heterocycles. The summed E-state index contributed by atoms with van der Waals surface area (Å²) in [5, 5.41) is 13.3. The van der Waals surface area contributed by atoms with Crippen molar-refractivity contribution in [2.45, 2.75) is 57.1 Å². The fourth-order valence-electron chi connectivity index (χ4n) is 2.38. The molecule has 0 spiro atoms. The fraction of sp³-hybridized carbons (Fsp3) is 1.00. The number of aliphatic hydroxyl groups excluding tert-OH is 1. The van der Waals surface area contributed by atoms with E-state index in [-0.39, 0.29) is 6.10 Å². The van der Waals surface area contributed by atoms with Gasteiger partial charge in [0.2, 0.25) is 0 Å². The van der Waals surface area contributed by atoms with Crippen LogP contribution in [-0.2, 0) is 4.74 Å². The van der Waals surface area contributed by atoms with Crippen molar-refractivity contribution in [1.82, 2.24) is 5.32 Å². The van der Waals surface area contributed by atoms with Crippen molar-refractivity contribution in [3.63, 3.8) is 0 Å². The Hall–Kier alpha value is -0.120. The Labute approximate surface area is 98.6 Å². The topological polar surface area (TPSA) is 41.5 Å². The molecule has 16 heavy (non-hydrogen) atoms. The van der Waals surface area contributed by atoms with E-state index >= 15 is 0 Å². The van der Waals surface area contributed by atoms with E-state index in [2.05, 4.69) is 5.32 Å². The molecule has 2 aliphatic carbocycles. The van der Waals surface area contributed by atoms with E-state index in [1.165, 1.54) is 32.1 Å². The Balaban J connectivity index is 1.52. The Kier molecular flexibility index (Phi) is 5.07. The van der Waals surface area contributed by atoms with Gasteiger partial charge in [-0.2, -0.15) is 0 Å². The van der Waals surface area contributed by atoms with Crippen molar-refractivity contribution in [2.24, 2.45) is 5.92 Å². The molecule has 0 amide bonds. The van der Waals surface area contributed by atoms with Crippen molar-refractivity contribution in [3.8, 4) is 0 Å². The molecule has 0 radical (unpaired) electrons. The molecule has 0 bridgehead atoms. The maximum Gasteiger partial charge on any atom is 0.0693 e. The van der Waals surface area contributed by atoms with Crippen LogP contribution in [0.4, 0.5) is 0 Å². The molecule has 2 aliphatic rings. The van der Waals surface area contributed by atoms with Crippen molar-refractivity contribution < 1.29 is 9.84 Å². The summed E-state index contributed by atoms with van der Waals surface area (Å²) in [6.07, 6.45) is 8.34. The van der Waals surface area contributed by atoms with Gasteiger partial charge >= 0.3 is 0 Å². The summed E-state index contributed by atoms with van der Waals surface area (Å²) in [6.45, 7) is 2.61. The zero-order chi connectivity index (χ0) is 11.2. The van der Waals surface area contributed by atoms with Crippen LogP contribution < -0.4 is 5.32 Å². The van der Waals surface area contributed by atoms with Gasteiger partial charge in [-0.25, -0.2) is 0 Å². The normalized spacial score (nSPS) is 31.3. The zero-order valence-electron chi connectivity index (χ0n) is 10.2. The summed E-state index contributed by atoms with van der Waals surface area (Å²) in [5.74, 6) is 0.850. The van der Waals surface area contributed by atoms with E-state index in [0.717, 1.165) is 38.5 Å². The summed E-state index contributed by atoms with van der Waals surface area (Å²) in [5.41, 5.74) is 0. The zero-order valence-corrected chi connectivity index (χ0v) is 10.2. The predicted molar refractivity (Wildman–Crippen MR) is 64.4 cm³/mol. The first-order valence-corrected chi connectivity index (χ1v) is 6.85. The van der Waals surface area contributed by atoms with Gasteiger partial charge < -0.3 is 15.2 Å². The third kappa shape index (κ3) is 4.40. The van der Waals surface area contributed by atoms with Gasteiger partial charge in [0.25, 0.3) is 0 Å². The number of nitrogens with one attached hydrogen (secondary N) is 1. The lowest BCUT2D eigenvalue weighted by atomic mass is 10.1. The Morgan fingerprint density at radius 3 is 2.69 bits per heavy atom. The summed E-state index contributed by atoms with van der Waals surface area (Å²) in [4.78, 5) is 0. The van der Waals surface area contributed by atoms with Crippen molar-refractivity contribution in [2.75, 3.05) is 19.8 Å². The van der Waals surface area contributed by atoms with Crippen LogP contribution in [0.3, 0.4) is 0 Å². The number of rotatable bonds is 6. The van der Waals surface area contributed by atoms with Crippen LogP contribution in [0.1, 0.15) is 44.9 Å². The van der Waals surface area contributed by atoms with Crippen LogP contribution in [0, 0.1) is 5.92 Å². The molecular weight excluding hydrogens is 202 g/mol. The van der Waals surface area contributed by atoms with Gasteiger partial charge in [0.15, 0.2) is 0 Å². The van der Waals surface area contributed by atoms with Crippen molar-refractivity contribution in [3.05, 3.63) is 0 Å². The second-order valence-electron chi connectivity index (χ2n) is 5.28. The standard InChI is InChI=1S/C13H25NO2/c15-13-5-3-1-2-4-12(13)14-8-9-16-10-11-6-7-11/h11-15H,1-10H2. The summed E-state index contributed by atoms with van der Waals surface area (Å²) >= 11 is 0. The molecule has 2 fully saturated rings. The highest BCUT2D eigenvalue weighted by molar-refractivity contribution is 4.78. The van der Waals surface area contributed by atoms with Gasteiger partial charge in [-0.3, -0.25) is 0 Å². The van der Waals surface area contributed by atoms with E-state index in [0.29, 0.717) is 6.04 Å². The molecule has 0 aromatic rings. The number of hydrogen-bond acceptors (Lipinski definition) is 3. The van der Waals surface area contributed by atoms with E-state index < -0.39 is 0 Å². The molecule has 2 unspecified atom stereocenters. The molecule has 3 nitrogen and oxygen atoms in total. The second kappa shape index (κ2) is 6.58. The minimum atomic E-state index is -0.147. The maximum absolute atomic E-state index is 9.90. The van der Waals surface area contributed by atoms with Crippen LogP contribution in [0.5, 0.6) is 0 Å². The minimum absolute atomic E-state index is 0.147. The smallest absolute Gasteiger partial charge is 0.0693 e. The van der Waals surface area contributed by atoms with Crippen molar-refractivity contribution in [1.29, 1.82) is 0 Å². The largest absolute Gasteiger partial charge is 0.392 e. The number of hydrogen-bond donors (Lipinski definition) is 2. The summed E-state index contributed by atoms with van der Waals surface area (Å²) in [7, 11) is 0. The first kappa shape index (κ1) is 12.3. The van der Waals surface area contributed by atoms with Gasteiger partial charge in [0.1, 0.15) is 0 Å². The quantitative estimate of drug-likeness (QED) is 0.536. The molecule has 2 atom stereocenters. The maximum atomic E-state index is 9.90.